The molecule has 1 saturated heterocycles. The summed E-state index contributed by atoms with van der Waals surface area (Å²) in [6.07, 6.45) is 3.18. The molecule has 0 unspecified atom stereocenters. The fraction of sp³-hybridized carbons (Fsp3) is 0.444. The Labute approximate surface area is 181 Å². The van der Waals surface area contributed by atoms with Crippen molar-refractivity contribution in [2.24, 2.45) is 5.92 Å². The van der Waals surface area contributed by atoms with E-state index < -0.39 is 5.60 Å². The number of benzene rings is 2. The van der Waals surface area contributed by atoms with E-state index in [0.717, 1.165) is 42.8 Å². The van der Waals surface area contributed by atoms with Crippen LogP contribution in [-0.4, -0.2) is 29.4 Å². The van der Waals surface area contributed by atoms with Gasteiger partial charge in [0.25, 0.3) is 0 Å². The van der Waals surface area contributed by atoms with Gasteiger partial charge in [0.05, 0.1) is 0 Å². The van der Waals surface area contributed by atoms with E-state index in [-0.39, 0.29) is 5.78 Å². The maximum Gasteiger partial charge on any atom is 0.172 e. The van der Waals surface area contributed by atoms with Gasteiger partial charge in [0.2, 0.25) is 0 Å². The third-order valence-corrected chi connectivity index (χ3v) is 6.23. The average Bonchev–Trinajstić information content (AvgIpc) is 3.14. The van der Waals surface area contributed by atoms with Gasteiger partial charge in [-0.2, -0.15) is 0 Å². The SMILES string of the molecule is C=C(Cc1ccccc1)N1CC[C@H](Cc2cc(C)c(OC(C)(C)C(C)=O)c(C)c2)C1. The zero-order valence-corrected chi connectivity index (χ0v) is 19.1. The first kappa shape index (κ1) is 22.1. The van der Waals surface area contributed by atoms with Crippen molar-refractivity contribution in [1.29, 1.82) is 0 Å². The van der Waals surface area contributed by atoms with Crippen molar-refractivity contribution in [3.05, 3.63) is 77.0 Å². The number of aryl methyl sites for hydroxylation is 2. The predicted molar refractivity (Wildman–Crippen MR) is 124 cm³/mol. The average molecular weight is 406 g/mol. The Hall–Kier alpha value is -2.55. The molecule has 3 heteroatoms. The van der Waals surface area contributed by atoms with Crippen LogP contribution >= 0.6 is 0 Å². The lowest BCUT2D eigenvalue weighted by atomic mass is 9.95. The number of ketones is 1. The number of allylic oxidation sites excluding steroid dienone is 1. The normalized spacial score (nSPS) is 16.6. The van der Waals surface area contributed by atoms with Gasteiger partial charge >= 0.3 is 0 Å². The van der Waals surface area contributed by atoms with Crippen LogP contribution in [0.2, 0.25) is 0 Å². The molecule has 0 aliphatic carbocycles. The van der Waals surface area contributed by atoms with Gasteiger partial charge in [0.1, 0.15) is 5.75 Å². The van der Waals surface area contributed by atoms with Gasteiger partial charge < -0.3 is 9.64 Å². The van der Waals surface area contributed by atoms with Crippen molar-refractivity contribution in [2.45, 2.75) is 59.5 Å². The topological polar surface area (TPSA) is 29.5 Å². The number of Topliss-reactive ketones (excluding diaryl/α,β-unsaturated/α-hetero) is 1. The van der Waals surface area contributed by atoms with E-state index >= 15 is 0 Å². The number of rotatable bonds is 8. The van der Waals surface area contributed by atoms with E-state index in [9.17, 15) is 4.79 Å². The van der Waals surface area contributed by atoms with Gasteiger partial charge in [-0.15, -0.1) is 0 Å². The van der Waals surface area contributed by atoms with E-state index in [0.29, 0.717) is 5.92 Å². The minimum atomic E-state index is -0.803. The summed E-state index contributed by atoms with van der Waals surface area (Å²) in [6, 6.07) is 15.0. The second-order valence-electron chi connectivity index (χ2n) is 9.26. The van der Waals surface area contributed by atoms with Gasteiger partial charge in [-0.25, -0.2) is 0 Å². The maximum atomic E-state index is 11.9. The van der Waals surface area contributed by atoms with Crippen LogP contribution in [0, 0.1) is 19.8 Å². The van der Waals surface area contributed by atoms with Crippen LogP contribution < -0.4 is 4.74 Å². The van der Waals surface area contributed by atoms with Crippen molar-refractivity contribution in [3.8, 4) is 5.75 Å². The summed E-state index contributed by atoms with van der Waals surface area (Å²) in [7, 11) is 0. The van der Waals surface area contributed by atoms with Gasteiger partial charge in [-0.05, 0) is 75.6 Å². The van der Waals surface area contributed by atoms with Crippen molar-refractivity contribution < 1.29 is 9.53 Å². The van der Waals surface area contributed by atoms with Gasteiger partial charge in [-0.1, -0.05) is 49.0 Å². The molecule has 30 heavy (non-hydrogen) atoms. The van der Waals surface area contributed by atoms with E-state index in [4.69, 9.17) is 4.74 Å². The van der Waals surface area contributed by atoms with Crippen LogP contribution in [0.4, 0.5) is 0 Å². The standard InChI is InChI=1S/C27H35NO2/c1-19-14-25(15-20(2)26(19)30-27(5,6)22(4)29)17-24-12-13-28(18-24)21(3)16-23-10-8-7-9-11-23/h7-11,14-15,24H,3,12-13,16-18H2,1-2,4-6H3/t24-/m1/s1. The third-order valence-electron chi connectivity index (χ3n) is 6.23. The molecule has 0 aromatic heterocycles. The Morgan fingerprint density at radius 1 is 1.13 bits per heavy atom. The molecule has 2 aromatic rings. The highest BCUT2D eigenvalue weighted by Gasteiger charge is 2.28. The fourth-order valence-corrected chi connectivity index (χ4v) is 4.21. The Morgan fingerprint density at radius 2 is 1.77 bits per heavy atom. The molecule has 160 valence electrons. The molecule has 2 aromatic carbocycles. The summed E-state index contributed by atoms with van der Waals surface area (Å²) in [6.45, 7) is 15.9. The molecule has 0 N–H and O–H groups in total. The summed E-state index contributed by atoms with van der Waals surface area (Å²) in [5, 5.41) is 0. The number of ether oxygens (including phenoxy) is 1. The number of nitrogens with zero attached hydrogens (tertiary/aromatic N) is 1. The highest BCUT2D eigenvalue weighted by Crippen LogP contribution is 2.31. The molecule has 0 spiro atoms. The molecule has 1 atom stereocenters. The van der Waals surface area contributed by atoms with Gasteiger partial charge in [-0.3, -0.25) is 4.79 Å². The van der Waals surface area contributed by atoms with Crippen molar-refractivity contribution in [3.63, 3.8) is 0 Å². The van der Waals surface area contributed by atoms with Gasteiger partial charge in [0.15, 0.2) is 11.4 Å². The van der Waals surface area contributed by atoms with Crippen LogP contribution in [-0.2, 0) is 17.6 Å². The number of hydrogen-bond donors (Lipinski definition) is 0. The summed E-state index contributed by atoms with van der Waals surface area (Å²) in [5.41, 5.74) is 5.28. The zero-order chi connectivity index (χ0) is 21.9. The summed E-state index contributed by atoms with van der Waals surface area (Å²) < 4.78 is 6.09. The van der Waals surface area contributed by atoms with Crippen molar-refractivity contribution in [1.82, 2.24) is 4.90 Å². The van der Waals surface area contributed by atoms with Crippen LogP contribution in [0.15, 0.2) is 54.7 Å². The first-order valence-corrected chi connectivity index (χ1v) is 10.9. The molecule has 1 fully saturated rings. The molecular formula is C27H35NO2. The predicted octanol–water partition coefficient (Wildman–Crippen LogP) is 5.67. The Morgan fingerprint density at radius 3 is 2.37 bits per heavy atom. The molecule has 0 radical (unpaired) electrons. The van der Waals surface area contributed by atoms with Crippen LogP contribution in [0.25, 0.3) is 0 Å². The fourth-order valence-electron chi connectivity index (χ4n) is 4.21. The van der Waals surface area contributed by atoms with Crippen molar-refractivity contribution >= 4 is 5.78 Å². The summed E-state index contributed by atoms with van der Waals surface area (Å²) in [5.74, 6) is 1.51. The lowest BCUT2D eigenvalue weighted by Crippen LogP contribution is -2.36. The number of likely N-dealkylation sites (tertiary alicyclic amines) is 1. The number of hydrogen-bond acceptors (Lipinski definition) is 3. The van der Waals surface area contributed by atoms with Crippen LogP contribution in [0.5, 0.6) is 5.75 Å². The van der Waals surface area contributed by atoms with E-state index in [2.05, 4.69) is 67.8 Å². The molecule has 0 saturated carbocycles. The molecular weight excluding hydrogens is 370 g/mol. The van der Waals surface area contributed by atoms with E-state index in [1.807, 2.05) is 13.8 Å². The molecule has 0 amide bonds. The molecule has 1 aliphatic rings. The lowest BCUT2D eigenvalue weighted by Gasteiger charge is -2.26. The Kier molecular flexibility index (Phi) is 6.70. The summed E-state index contributed by atoms with van der Waals surface area (Å²) >= 11 is 0. The molecule has 0 bridgehead atoms. The maximum absolute atomic E-state index is 11.9. The second-order valence-corrected chi connectivity index (χ2v) is 9.26. The number of carbonyl (C=O) groups is 1. The van der Waals surface area contributed by atoms with E-state index in [1.54, 1.807) is 6.92 Å². The first-order valence-electron chi connectivity index (χ1n) is 10.9. The minimum Gasteiger partial charge on any atom is -0.480 e. The quantitative estimate of drug-likeness (QED) is 0.567. The molecule has 3 rings (SSSR count). The second kappa shape index (κ2) is 9.07. The highest BCUT2D eigenvalue weighted by molar-refractivity contribution is 5.84. The largest absolute Gasteiger partial charge is 0.480 e. The third kappa shape index (κ3) is 5.33. The highest BCUT2D eigenvalue weighted by atomic mass is 16.5. The van der Waals surface area contributed by atoms with Crippen LogP contribution in [0.3, 0.4) is 0 Å². The molecule has 3 nitrogen and oxygen atoms in total. The van der Waals surface area contributed by atoms with Gasteiger partial charge in [0, 0.05) is 25.2 Å². The lowest BCUT2D eigenvalue weighted by molar-refractivity contribution is -0.129. The molecule has 1 heterocycles. The number of carbonyl (C=O) groups excluding carboxylic acids is 1. The Balaban J connectivity index is 1.62. The first-order chi connectivity index (χ1) is 14.2. The Bertz CT molecular complexity index is 891. The van der Waals surface area contributed by atoms with Crippen LogP contribution in [0.1, 0.15) is 49.4 Å². The van der Waals surface area contributed by atoms with E-state index in [1.165, 1.54) is 23.2 Å². The zero-order valence-electron chi connectivity index (χ0n) is 19.1. The molecule has 1 aliphatic heterocycles. The summed E-state index contributed by atoms with van der Waals surface area (Å²) in [4.78, 5) is 14.3. The smallest absolute Gasteiger partial charge is 0.172 e. The monoisotopic (exact) mass is 405 g/mol. The minimum absolute atomic E-state index is 0.0344. The van der Waals surface area contributed by atoms with Crippen molar-refractivity contribution in [2.75, 3.05) is 13.1 Å².